The van der Waals surface area contributed by atoms with E-state index in [1.165, 1.54) is 11.1 Å². The molecule has 27 heavy (non-hydrogen) atoms. The molecule has 7 heteroatoms. The molecule has 0 atom stereocenters. The number of benzene rings is 1. The maximum Gasteiger partial charge on any atom is 0.191 e. The zero-order chi connectivity index (χ0) is 18.6. The Morgan fingerprint density at radius 3 is 2.52 bits per heavy atom. The molecule has 0 aliphatic carbocycles. The first-order valence-corrected chi connectivity index (χ1v) is 9.80. The molecule has 1 fully saturated rings. The van der Waals surface area contributed by atoms with Crippen LogP contribution in [0.25, 0.3) is 0 Å². The van der Waals surface area contributed by atoms with Crippen molar-refractivity contribution in [1.29, 1.82) is 0 Å². The average molecular weight is 489 g/mol. The van der Waals surface area contributed by atoms with Crippen molar-refractivity contribution in [2.45, 2.75) is 26.9 Å². The van der Waals surface area contributed by atoms with Crippen molar-refractivity contribution in [3.05, 3.63) is 35.4 Å². The lowest BCUT2D eigenvalue weighted by molar-refractivity contribution is 0.0389. The molecule has 0 radical (unpaired) electrons. The van der Waals surface area contributed by atoms with E-state index < -0.39 is 0 Å². The second-order valence-corrected chi connectivity index (χ2v) is 6.59. The normalized spacial score (nSPS) is 15.5. The van der Waals surface area contributed by atoms with E-state index in [-0.39, 0.29) is 24.0 Å². The minimum Gasteiger partial charge on any atom is -0.379 e. The monoisotopic (exact) mass is 489 g/mol. The zero-order valence-corrected chi connectivity index (χ0v) is 19.4. The standard InChI is InChI=1S/C20H35N5O.HI/c1-4-24(5-2)17-19-8-6-7-18(15-19)16-23-20(21-3)22-9-10-25-11-13-26-14-12-25;/h6-8,15H,4-5,9-14,16-17H2,1-3H3,(H2,21,22,23);1H. The van der Waals surface area contributed by atoms with Gasteiger partial charge in [0.05, 0.1) is 13.2 Å². The molecular weight excluding hydrogens is 453 g/mol. The van der Waals surface area contributed by atoms with Gasteiger partial charge in [-0.05, 0) is 24.2 Å². The molecule has 154 valence electrons. The first kappa shape index (κ1) is 24.1. The van der Waals surface area contributed by atoms with Crippen LogP contribution in [0.3, 0.4) is 0 Å². The summed E-state index contributed by atoms with van der Waals surface area (Å²) in [4.78, 5) is 9.17. The number of nitrogens with zero attached hydrogens (tertiary/aromatic N) is 3. The molecular formula is C20H36IN5O. The summed E-state index contributed by atoms with van der Waals surface area (Å²) in [6.45, 7) is 14.0. The van der Waals surface area contributed by atoms with Gasteiger partial charge in [-0.3, -0.25) is 14.8 Å². The smallest absolute Gasteiger partial charge is 0.191 e. The number of morpholine rings is 1. The number of aliphatic imine (C=N–C) groups is 1. The summed E-state index contributed by atoms with van der Waals surface area (Å²) in [5, 5.41) is 6.81. The van der Waals surface area contributed by atoms with E-state index in [9.17, 15) is 0 Å². The van der Waals surface area contributed by atoms with Crippen LogP contribution in [0.4, 0.5) is 0 Å². The summed E-state index contributed by atoms with van der Waals surface area (Å²) in [6, 6.07) is 8.80. The summed E-state index contributed by atoms with van der Waals surface area (Å²) in [7, 11) is 1.82. The maximum absolute atomic E-state index is 5.38. The van der Waals surface area contributed by atoms with Gasteiger partial charge < -0.3 is 15.4 Å². The van der Waals surface area contributed by atoms with Crippen molar-refractivity contribution < 1.29 is 4.74 Å². The Hall–Kier alpha value is -0.900. The Bertz CT molecular complexity index is 545. The molecule has 0 amide bonds. The molecule has 1 aromatic carbocycles. The SMILES string of the molecule is CCN(CC)Cc1cccc(CNC(=NC)NCCN2CCOCC2)c1.I. The lowest BCUT2D eigenvalue weighted by Crippen LogP contribution is -2.44. The number of rotatable bonds is 9. The largest absolute Gasteiger partial charge is 0.379 e. The molecule has 1 saturated heterocycles. The molecule has 0 bridgehead atoms. The lowest BCUT2D eigenvalue weighted by atomic mass is 10.1. The lowest BCUT2D eigenvalue weighted by Gasteiger charge is -2.26. The second-order valence-electron chi connectivity index (χ2n) is 6.59. The fourth-order valence-electron chi connectivity index (χ4n) is 3.11. The number of ether oxygens (including phenoxy) is 1. The van der Waals surface area contributed by atoms with Crippen LogP contribution in [0.15, 0.2) is 29.3 Å². The van der Waals surface area contributed by atoms with E-state index in [2.05, 4.69) is 63.5 Å². The van der Waals surface area contributed by atoms with E-state index >= 15 is 0 Å². The van der Waals surface area contributed by atoms with Gasteiger partial charge in [0.1, 0.15) is 0 Å². The van der Waals surface area contributed by atoms with Crippen molar-refractivity contribution in [3.8, 4) is 0 Å². The summed E-state index contributed by atoms with van der Waals surface area (Å²) >= 11 is 0. The molecule has 0 unspecified atom stereocenters. The van der Waals surface area contributed by atoms with Crippen molar-refractivity contribution in [2.24, 2.45) is 4.99 Å². The van der Waals surface area contributed by atoms with Gasteiger partial charge >= 0.3 is 0 Å². The zero-order valence-electron chi connectivity index (χ0n) is 17.0. The molecule has 1 aliphatic rings. The Kier molecular flexibility index (Phi) is 12.6. The van der Waals surface area contributed by atoms with Gasteiger partial charge in [-0.1, -0.05) is 38.1 Å². The van der Waals surface area contributed by atoms with E-state index in [1.807, 2.05) is 7.05 Å². The van der Waals surface area contributed by atoms with E-state index in [0.29, 0.717) is 0 Å². The molecule has 2 rings (SSSR count). The van der Waals surface area contributed by atoms with Gasteiger partial charge in [0.2, 0.25) is 0 Å². The van der Waals surface area contributed by atoms with Crippen LogP contribution in [0.2, 0.25) is 0 Å². The topological polar surface area (TPSA) is 52.1 Å². The Morgan fingerprint density at radius 2 is 1.85 bits per heavy atom. The van der Waals surface area contributed by atoms with Crippen molar-refractivity contribution >= 4 is 29.9 Å². The fraction of sp³-hybridized carbons (Fsp3) is 0.650. The third-order valence-electron chi connectivity index (χ3n) is 4.80. The van der Waals surface area contributed by atoms with Crippen LogP contribution in [-0.2, 0) is 17.8 Å². The molecule has 6 nitrogen and oxygen atoms in total. The van der Waals surface area contributed by atoms with Gasteiger partial charge in [0.25, 0.3) is 0 Å². The van der Waals surface area contributed by atoms with E-state index in [1.54, 1.807) is 0 Å². The predicted molar refractivity (Wildman–Crippen MR) is 124 cm³/mol. The third kappa shape index (κ3) is 9.23. The number of hydrogen-bond donors (Lipinski definition) is 2. The highest BCUT2D eigenvalue weighted by Crippen LogP contribution is 2.08. The van der Waals surface area contributed by atoms with Gasteiger partial charge in [0, 0.05) is 46.3 Å². The minimum atomic E-state index is 0. The Morgan fingerprint density at radius 1 is 1.15 bits per heavy atom. The maximum atomic E-state index is 5.38. The van der Waals surface area contributed by atoms with E-state index in [0.717, 1.165) is 71.5 Å². The highest BCUT2D eigenvalue weighted by molar-refractivity contribution is 14.0. The first-order valence-electron chi connectivity index (χ1n) is 9.80. The van der Waals surface area contributed by atoms with Gasteiger partial charge in [-0.2, -0.15) is 0 Å². The van der Waals surface area contributed by atoms with Crippen molar-refractivity contribution in [2.75, 3.05) is 59.5 Å². The highest BCUT2D eigenvalue weighted by atomic mass is 127. The van der Waals surface area contributed by atoms with Crippen LogP contribution < -0.4 is 10.6 Å². The quantitative estimate of drug-likeness (QED) is 0.317. The first-order chi connectivity index (χ1) is 12.7. The predicted octanol–water partition coefficient (Wildman–Crippen LogP) is 2.14. The van der Waals surface area contributed by atoms with Gasteiger partial charge in [-0.25, -0.2) is 0 Å². The molecule has 1 heterocycles. The number of nitrogens with one attached hydrogen (secondary N) is 2. The van der Waals surface area contributed by atoms with Gasteiger partial charge in [-0.15, -0.1) is 24.0 Å². The van der Waals surface area contributed by atoms with Crippen molar-refractivity contribution in [3.63, 3.8) is 0 Å². The van der Waals surface area contributed by atoms with E-state index in [4.69, 9.17) is 4.74 Å². The second kappa shape index (κ2) is 14.1. The minimum absolute atomic E-state index is 0. The number of guanidine groups is 1. The van der Waals surface area contributed by atoms with Crippen molar-refractivity contribution in [1.82, 2.24) is 20.4 Å². The molecule has 0 spiro atoms. The molecule has 1 aliphatic heterocycles. The summed E-state index contributed by atoms with van der Waals surface area (Å²) in [5.74, 6) is 0.854. The van der Waals surface area contributed by atoms with Crippen LogP contribution in [0, 0.1) is 0 Å². The summed E-state index contributed by atoms with van der Waals surface area (Å²) in [5.41, 5.74) is 2.65. The molecule has 1 aromatic rings. The average Bonchev–Trinajstić information content (AvgIpc) is 2.69. The third-order valence-corrected chi connectivity index (χ3v) is 4.80. The van der Waals surface area contributed by atoms with Gasteiger partial charge in [0.15, 0.2) is 5.96 Å². The fourth-order valence-corrected chi connectivity index (χ4v) is 3.11. The molecule has 0 aromatic heterocycles. The number of hydrogen-bond acceptors (Lipinski definition) is 4. The molecule has 2 N–H and O–H groups in total. The summed E-state index contributed by atoms with van der Waals surface area (Å²) in [6.07, 6.45) is 0. The Labute approximate surface area is 181 Å². The highest BCUT2D eigenvalue weighted by Gasteiger charge is 2.09. The summed E-state index contributed by atoms with van der Waals surface area (Å²) < 4.78 is 5.38. The number of halogens is 1. The van der Waals surface area contributed by atoms with Crippen LogP contribution in [-0.4, -0.2) is 75.3 Å². The Balaban J connectivity index is 0.00000364. The van der Waals surface area contributed by atoms with Crippen LogP contribution >= 0.6 is 24.0 Å². The molecule has 0 saturated carbocycles. The van der Waals surface area contributed by atoms with Crippen LogP contribution in [0.1, 0.15) is 25.0 Å². The van der Waals surface area contributed by atoms with Crippen LogP contribution in [0.5, 0.6) is 0 Å².